The molecule has 2 aromatic carbocycles. The molecule has 0 bridgehead atoms. The predicted octanol–water partition coefficient (Wildman–Crippen LogP) is 3.54. The second kappa shape index (κ2) is 8.17. The van der Waals surface area contributed by atoms with Crippen LogP contribution >= 0.6 is 11.6 Å². The normalized spacial score (nSPS) is 16.0. The van der Waals surface area contributed by atoms with E-state index in [-0.39, 0.29) is 24.2 Å². The van der Waals surface area contributed by atoms with Crippen LogP contribution in [0.3, 0.4) is 0 Å². The van der Waals surface area contributed by atoms with E-state index in [9.17, 15) is 9.59 Å². The number of hydrogen-bond donors (Lipinski definition) is 2. The Morgan fingerprint density at radius 1 is 1.00 bits per heavy atom. The molecule has 0 saturated carbocycles. The Bertz CT molecular complexity index is 759. The van der Waals surface area contributed by atoms with Crippen molar-refractivity contribution < 1.29 is 9.59 Å². The quantitative estimate of drug-likeness (QED) is 0.823. The maximum absolute atomic E-state index is 12.2. The minimum absolute atomic E-state index is 0.161. The smallest absolute Gasteiger partial charge is 0.242 e. The van der Waals surface area contributed by atoms with Crippen molar-refractivity contribution in [1.82, 2.24) is 10.9 Å². The van der Waals surface area contributed by atoms with Crippen LogP contribution in [0.5, 0.6) is 0 Å². The zero-order chi connectivity index (χ0) is 17.6. The minimum Gasteiger partial charge on any atom is -0.273 e. The SMILES string of the molecule is O=C(Cc1ccc(Cl)cc1)NNC(=O)CC1CCCc2ccccc21. The highest BCUT2D eigenvalue weighted by molar-refractivity contribution is 6.30. The number of aryl methyl sites for hydroxylation is 1. The van der Waals surface area contributed by atoms with Crippen LogP contribution < -0.4 is 10.9 Å². The summed E-state index contributed by atoms with van der Waals surface area (Å²) in [5.41, 5.74) is 8.45. The molecule has 25 heavy (non-hydrogen) atoms. The minimum atomic E-state index is -0.250. The molecule has 5 heteroatoms. The fourth-order valence-electron chi connectivity index (χ4n) is 3.31. The van der Waals surface area contributed by atoms with Gasteiger partial charge < -0.3 is 0 Å². The third-order valence-electron chi connectivity index (χ3n) is 4.54. The van der Waals surface area contributed by atoms with Gasteiger partial charge in [0.2, 0.25) is 11.8 Å². The molecule has 1 aliphatic rings. The van der Waals surface area contributed by atoms with Crippen molar-refractivity contribution in [3.63, 3.8) is 0 Å². The lowest BCUT2D eigenvalue weighted by molar-refractivity contribution is -0.128. The molecule has 0 aromatic heterocycles. The number of carbonyl (C=O) groups is 2. The van der Waals surface area contributed by atoms with E-state index in [0.717, 1.165) is 24.8 Å². The summed E-state index contributed by atoms with van der Waals surface area (Å²) in [5, 5.41) is 0.630. The van der Waals surface area contributed by atoms with Gasteiger partial charge in [-0.3, -0.25) is 20.4 Å². The zero-order valence-electron chi connectivity index (χ0n) is 13.9. The average Bonchev–Trinajstić information content (AvgIpc) is 2.62. The molecule has 2 aromatic rings. The van der Waals surface area contributed by atoms with Crippen molar-refractivity contribution in [2.24, 2.45) is 0 Å². The molecule has 0 radical (unpaired) electrons. The number of rotatable bonds is 4. The highest BCUT2D eigenvalue weighted by Gasteiger charge is 2.22. The highest BCUT2D eigenvalue weighted by Crippen LogP contribution is 2.33. The number of hydrazine groups is 1. The van der Waals surface area contributed by atoms with Crippen LogP contribution in [0.15, 0.2) is 48.5 Å². The third kappa shape index (κ3) is 4.83. The van der Waals surface area contributed by atoms with E-state index in [0.29, 0.717) is 11.4 Å². The average molecular weight is 357 g/mol. The summed E-state index contributed by atoms with van der Waals surface area (Å²) in [6.45, 7) is 0. The largest absolute Gasteiger partial charge is 0.273 e. The first-order valence-corrected chi connectivity index (χ1v) is 8.89. The molecule has 1 unspecified atom stereocenters. The van der Waals surface area contributed by atoms with Gasteiger partial charge in [0.25, 0.3) is 0 Å². The summed E-state index contributed by atoms with van der Waals surface area (Å²) in [5.74, 6) is -0.191. The molecule has 0 saturated heterocycles. The van der Waals surface area contributed by atoms with Gasteiger partial charge in [-0.25, -0.2) is 0 Å². The zero-order valence-corrected chi connectivity index (χ0v) is 14.7. The summed E-state index contributed by atoms with van der Waals surface area (Å²) in [6, 6.07) is 15.4. The molecule has 0 fully saturated rings. The van der Waals surface area contributed by atoms with Gasteiger partial charge in [-0.1, -0.05) is 48.0 Å². The Morgan fingerprint density at radius 2 is 1.72 bits per heavy atom. The molecule has 1 aliphatic carbocycles. The first kappa shape index (κ1) is 17.5. The maximum Gasteiger partial charge on any atom is 0.242 e. The molecular formula is C20H21ClN2O2. The lowest BCUT2D eigenvalue weighted by atomic mass is 9.81. The molecule has 4 nitrogen and oxygen atoms in total. The van der Waals surface area contributed by atoms with Crippen LogP contribution in [0.2, 0.25) is 5.02 Å². The van der Waals surface area contributed by atoms with Crippen LogP contribution in [0, 0.1) is 0 Å². The summed E-state index contributed by atoms with van der Waals surface area (Å²) >= 11 is 5.82. The molecular weight excluding hydrogens is 336 g/mol. The molecule has 0 aliphatic heterocycles. The van der Waals surface area contributed by atoms with E-state index >= 15 is 0 Å². The van der Waals surface area contributed by atoms with Crippen LogP contribution in [-0.2, 0) is 22.4 Å². The van der Waals surface area contributed by atoms with Gasteiger partial charge in [-0.05, 0) is 54.0 Å². The third-order valence-corrected chi connectivity index (χ3v) is 4.80. The number of carbonyl (C=O) groups excluding carboxylic acids is 2. The Labute approximate surface area is 152 Å². The summed E-state index contributed by atoms with van der Waals surface area (Å²) in [7, 11) is 0. The maximum atomic E-state index is 12.2. The van der Waals surface area contributed by atoms with E-state index < -0.39 is 0 Å². The Morgan fingerprint density at radius 3 is 2.52 bits per heavy atom. The number of amides is 2. The van der Waals surface area contributed by atoms with E-state index in [2.05, 4.69) is 23.0 Å². The van der Waals surface area contributed by atoms with E-state index in [1.165, 1.54) is 11.1 Å². The van der Waals surface area contributed by atoms with Crippen molar-refractivity contribution in [3.05, 3.63) is 70.2 Å². The second-order valence-electron chi connectivity index (χ2n) is 6.39. The Hall–Kier alpha value is -2.33. The van der Waals surface area contributed by atoms with Gasteiger partial charge in [-0.15, -0.1) is 0 Å². The van der Waals surface area contributed by atoms with Gasteiger partial charge in [-0.2, -0.15) is 0 Å². The van der Waals surface area contributed by atoms with Crippen LogP contribution in [0.25, 0.3) is 0 Å². The Kier molecular flexibility index (Phi) is 5.71. The predicted molar refractivity (Wildman–Crippen MR) is 98.2 cm³/mol. The monoisotopic (exact) mass is 356 g/mol. The van der Waals surface area contributed by atoms with E-state index in [1.807, 2.05) is 12.1 Å². The van der Waals surface area contributed by atoms with Crippen LogP contribution in [-0.4, -0.2) is 11.8 Å². The first-order chi connectivity index (χ1) is 12.1. The van der Waals surface area contributed by atoms with Crippen LogP contribution in [0.4, 0.5) is 0 Å². The van der Waals surface area contributed by atoms with Gasteiger partial charge in [0.15, 0.2) is 0 Å². The van der Waals surface area contributed by atoms with E-state index in [1.54, 1.807) is 24.3 Å². The number of benzene rings is 2. The van der Waals surface area contributed by atoms with Gasteiger partial charge in [0, 0.05) is 11.4 Å². The number of nitrogens with one attached hydrogen (secondary N) is 2. The topological polar surface area (TPSA) is 58.2 Å². The van der Waals surface area contributed by atoms with Crippen molar-refractivity contribution in [2.45, 2.75) is 38.0 Å². The van der Waals surface area contributed by atoms with Crippen molar-refractivity contribution in [2.75, 3.05) is 0 Å². The fraction of sp³-hybridized carbons (Fsp3) is 0.300. The van der Waals surface area contributed by atoms with Crippen molar-refractivity contribution in [1.29, 1.82) is 0 Å². The van der Waals surface area contributed by atoms with Gasteiger partial charge in [0.05, 0.1) is 6.42 Å². The molecule has 0 spiro atoms. The molecule has 2 amide bonds. The molecule has 1 atom stereocenters. The van der Waals surface area contributed by atoms with Crippen molar-refractivity contribution >= 4 is 23.4 Å². The van der Waals surface area contributed by atoms with E-state index in [4.69, 9.17) is 11.6 Å². The fourth-order valence-corrected chi connectivity index (χ4v) is 3.44. The lowest BCUT2D eigenvalue weighted by Crippen LogP contribution is -2.42. The van der Waals surface area contributed by atoms with Crippen LogP contribution in [0.1, 0.15) is 41.9 Å². The number of hydrogen-bond acceptors (Lipinski definition) is 2. The highest BCUT2D eigenvalue weighted by atomic mass is 35.5. The number of halogens is 1. The first-order valence-electron chi connectivity index (χ1n) is 8.52. The van der Waals surface area contributed by atoms with Gasteiger partial charge >= 0.3 is 0 Å². The summed E-state index contributed by atoms with van der Waals surface area (Å²) < 4.78 is 0. The standard InChI is InChI=1S/C20H21ClN2O2/c21-17-10-8-14(9-11-17)12-19(24)22-23-20(25)13-16-6-3-5-15-4-1-2-7-18(15)16/h1-2,4,7-11,16H,3,5-6,12-13H2,(H,22,24)(H,23,25). The number of fused-ring (bicyclic) bond motifs is 1. The molecule has 3 rings (SSSR count). The van der Waals surface area contributed by atoms with Gasteiger partial charge in [0.1, 0.15) is 0 Å². The summed E-state index contributed by atoms with van der Waals surface area (Å²) in [6.07, 6.45) is 3.76. The Balaban J connectivity index is 1.48. The van der Waals surface area contributed by atoms with Crippen molar-refractivity contribution in [3.8, 4) is 0 Å². The second-order valence-corrected chi connectivity index (χ2v) is 6.83. The molecule has 0 heterocycles. The molecule has 2 N–H and O–H groups in total. The molecule has 130 valence electrons. The summed E-state index contributed by atoms with van der Waals surface area (Å²) in [4.78, 5) is 24.1. The lowest BCUT2D eigenvalue weighted by Gasteiger charge is -2.25.